The number of aliphatic imine (C=N–C) groups is 1. The van der Waals surface area contributed by atoms with Gasteiger partial charge in [0.25, 0.3) is 11.6 Å². The fourth-order valence-electron chi connectivity index (χ4n) is 1.80. The molecule has 0 atom stereocenters. The number of hydrogen-bond donors (Lipinski definition) is 1. The van der Waals surface area contributed by atoms with Crippen LogP contribution in [0.4, 0.5) is 5.69 Å². The summed E-state index contributed by atoms with van der Waals surface area (Å²) >= 11 is 0. The highest BCUT2D eigenvalue weighted by Crippen LogP contribution is 2.12. The number of carbonyl (C=O) groups excluding carboxylic acids is 1. The Bertz CT molecular complexity index is 731. The van der Waals surface area contributed by atoms with Crippen molar-refractivity contribution in [1.82, 2.24) is 9.78 Å². The predicted octanol–water partition coefficient (Wildman–Crippen LogP) is 1.41. The van der Waals surface area contributed by atoms with E-state index in [2.05, 4.69) is 10.1 Å². The summed E-state index contributed by atoms with van der Waals surface area (Å²) in [6, 6.07) is 6.94. The molecule has 2 rings (SSSR count). The third kappa shape index (κ3) is 3.11. The van der Waals surface area contributed by atoms with Gasteiger partial charge in [-0.2, -0.15) is 10.1 Å². The van der Waals surface area contributed by atoms with Gasteiger partial charge in [0.2, 0.25) is 5.96 Å². The van der Waals surface area contributed by atoms with E-state index in [4.69, 9.17) is 5.73 Å². The number of non-ortho nitro benzene ring substituents is 1. The van der Waals surface area contributed by atoms with Gasteiger partial charge in [0.15, 0.2) is 0 Å². The van der Waals surface area contributed by atoms with Gasteiger partial charge in [-0.15, -0.1) is 0 Å². The lowest BCUT2D eigenvalue weighted by atomic mass is 10.2. The molecule has 0 spiro atoms. The number of nitrogens with zero attached hydrogens (tertiary/aromatic N) is 4. The van der Waals surface area contributed by atoms with Crippen LogP contribution in [0.25, 0.3) is 0 Å². The minimum absolute atomic E-state index is 0.0519. The van der Waals surface area contributed by atoms with Crippen LogP contribution >= 0.6 is 0 Å². The zero-order valence-corrected chi connectivity index (χ0v) is 11.5. The second kappa shape index (κ2) is 5.53. The topological polar surface area (TPSA) is 116 Å². The molecule has 0 fully saturated rings. The Hall–Kier alpha value is -3.03. The van der Waals surface area contributed by atoms with Gasteiger partial charge in [-0.3, -0.25) is 14.9 Å². The van der Waals surface area contributed by atoms with E-state index in [1.807, 2.05) is 0 Å². The molecule has 8 nitrogen and oxygen atoms in total. The van der Waals surface area contributed by atoms with Crippen molar-refractivity contribution in [3.05, 3.63) is 57.4 Å². The quantitative estimate of drug-likeness (QED) is 0.388. The van der Waals surface area contributed by atoms with E-state index in [1.165, 1.54) is 28.9 Å². The largest absolute Gasteiger partial charge is 0.368 e. The molecular weight excluding hydrogens is 274 g/mol. The Labute approximate surface area is 120 Å². The van der Waals surface area contributed by atoms with Crippen LogP contribution in [-0.4, -0.2) is 26.6 Å². The number of nitrogens with two attached hydrogens (primary N) is 1. The van der Waals surface area contributed by atoms with Crippen molar-refractivity contribution >= 4 is 17.6 Å². The van der Waals surface area contributed by atoms with Crippen LogP contribution in [0.3, 0.4) is 0 Å². The molecule has 0 bridgehead atoms. The highest BCUT2D eigenvalue weighted by molar-refractivity contribution is 6.02. The smallest absolute Gasteiger partial charge is 0.280 e. The molecule has 0 saturated carbocycles. The van der Waals surface area contributed by atoms with Gasteiger partial charge in [-0.05, 0) is 32.0 Å². The highest BCUT2D eigenvalue weighted by atomic mass is 16.6. The molecule has 2 aromatic rings. The molecule has 1 aromatic heterocycles. The first-order chi connectivity index (χ1) is 9.88. The second-order valence-electron chi connectivity index (χ2n) is 4.42. The third-order valence-electron chi connectivity index (χ3n) is 2.77. The van der Waals surface area contributed by atoms with Crippen molar-refractivity contribution < 1.29 is 9.72 Å². The summed E-state index contributed by atoms with van der Waals surface area (Å²) in [6.45, 7) is 3.59. The fraction of sp³-hybridized carbons (Fsp3) is 0.154. The van der Waals surface area contributed by atoms with Crippen LogP contribution in [0.15, 0.2) is 35.3 Å². The zero-order chi connectivity index (χ0) is 15.6. The molecule has 1 aromatic carbocycles. The Morgan fingerprint density at radius 3 is 2.43 bits per heavy atom. The second-order valence-corrected chi connectivity index (χ2v) is 4.42. The van der Waals surface area contributed by atoms with Gasteiger partial charge in [0.1, 0.15) is 0 Å². The van der Waals surface area contributed by atoms with Crippen molar-refractivity contribution in [2.24, 2.45) is 10.7 Å². The molecule has 1 amide bonds. The summed E-state index contributed by atoms with van der Waals surface area (Å²) in [7, 11) is 0. The van der Waals surface area contributed by atoms with Crippen LogP contribution in [0, 0.1) is 24.0 Å². The molecule has 0 aliphatic carbocycles. The van der Waals surface area contributed by atoms with E-state index < -0.39 is 10.8 Å². The molecule has 0 saturated heterocycles. The highest BCUT2D eigenvalue weighted by Gasteiger charge is 2.11. The molecule has 21 heavy (non-hydrogen) atoms. The average molecular weight is 287 g/mol. The minimum atomic E-state index is -0.588. The number of nitro benzene ring substituents is 1. The van der Waals surface area contributed by atoms with E-state index in [1.54, 1.807) is 19.9 Å². The lowest BCUT2D eigenvalue weighted by Gasteiger charge is -2.02. The van der Waals surface area contributed by atoms with Crippen molar-refractivity contribution in [2.45, 2.75) is 13.8 Å². The Kier molecular flexibility index (Phi) is 3.79. The minimum Gasteiger partial charge on any atom is -0.368 e. The molecule has 2 N–H and O–H groups in total. The molecule has 8 heteroatoms. The maximum atomic E-state index is 11.9. The van der Waals surface area contributed by atoms with Gasteiger partial charge < -0.3 is 5.73 Å². The number of aryl methyl sites for hydroxylation is 2. The zero-order valence-electron chi connectivity index (χ0n) is 11.5. The summed E-state index contributed by atoms with van der Waals surface area (Å²) in [4.78, 5) is 25.7. The van der Waals surface area contributed by atoms with Gasteiger partial charge >= 0.3 is 0 Å². The van der Waals surface area contributed by atoms with Gasteiger partial charge in [0, 0.05) is 23.4 Å². The van der Waals surface area contributed by atoms with Crippen LogP contribution in [0.2, 0.25) is 0 Å². The summed E-state index contributed by atoms with van der Waals surface area (Å²) < 4.78 is 1.36. The molecule has 0 radical (unpaired) electrons. The van der Waals surface area contributed by atoms with Crippen molar-refractivity contribution in [3.63, 3.8) is 0 Å². The first kappa shape index (κ1) is 14.4. The summed E-state index contributed by atoms with van der Waals surface area (Å²) in [6.07, 6.45) is 0. The van der Waals surface area contributed by atoms with Crippen LogP contribution in [-0.2, 0) is 0 Å². The van der Waals surface area contributed by atoms with E-state index in [0.29, 0.717) is 0 Å². The maximum absolute atomic E-state index is 11.9. The van der Waals surface area contributed by atoms with E-state index >= 15 is 0 Å². The van der Waals surface area contributed by atoms with Gasteiger partial charge in [0.05, 0.1) is 10.6 Å². The first-order valence-electron chi connectivity index (χ1n) is 6.05. The third-order valence-corrected chi connectivity index (χ3v) is 2.77. The number of benzene rings is 1. The molecule has 0 aliphatic rings. The summed E-state index contributed by atoms with van der Waals surface area (Å²) in [5, 5.41) is 14.7. The van der Waals surface area contributed by atoms with Crippen LogP contribution < -0.4 is 5.73 Å². The fourth-order valence-corrected chi connectivity index (χ4v) is 1.80. The standard InChI is InChI=1S/C13H13N5O3/c1-8-7-9(2)17(16-8)13(14)15-12(19)10-3-5-11(6-4-10)18(20)21/h3-7H,1-2H3,(H2,14,15,19). The van der Waals surface area contributed by atoms with E-state index in [-0.39, 0.29) is 17.2 Å². The summed E-state index contributed by atoms with van der Waals surface area (Å²) in [5.41, 5.74) is 7.38. The predicted molar refractivity (Wildman–Crippen MR) is 76.1 cm³/mol. The Morgan fingerprint density at radius 2 is 1.95 bits per heavy atom. The van der Waals surface area contributed by atoms with Crippen molar-refractivity contribution in [1.29, 1.82) is 0 Å². The lowest BCUT2D eigenvalue weighted by Crippen LogP contribution is -2.26. The van der Waals surface area contributed by atoms with Gasteiger partial charge in [-0.1, -0.05) is 0 Å². The number of nitro groups is 1. The molecule has 1 heterocycles. The maximum Gasteiger partial charge on any atom is 0.280 e. The van der Waals surface area contributed by atoms with Crippen molar-refractivity contribution in [2.75, 3.05) is 0 Å². The Balaban J connectivity index is 2.25. The number of rotatable bonds is 2. The monoisotopic (exact) mass is 287 g/mol. The normalized spacial score (nSPS) is 11.4. The SMILES string of the molecule is Cc1cc(C)n(C(N)=NC(=O)c2ccc([N+](=O)[O-])cc2)n1. The number of hydrogen-bond acceptors (Lipinski definition) is 4. The van der Waals surface area contributed by atoms with Crippen LogP contribution in [0.1, 0.15) is 21.7 Å². The number of aromatic nitrogens is 2. The lowest BCUT2D eigenvalue weighted by molar-refractivity contribution is -0.384. The molecule has 0 aliphatic heterocycles. The van der Waals surface area contributed by atoms with E-state index in [9.17, 15) is 14.9 Å². The summed E-state index contributed by atoms with van der Waals surface area (Å²) in [5.74, 6) is -0.640. The molecule has 108 valence electrons. The molecular formula is C13H13N5O3. The van der Waals surface area contributed by atoms with Gasteiger partial charge in [-0.25, -0.2) is 4.68 Å². The Morgan fingerprint density at radius 1 is 1.33 bits per heavy atom. The molecule has 0 unspecified atom stereocenters. The van der Waals surface area contributed by atoms with Crippen LogP contribution in [0.5, 0.6) is 0 Å². The first-order valence-corrected chi connectivity index (χ1v) is 6.05. The number of amides is 1. The average Bonchev–Trinajstić information content (AvgIpc) is 2.77. The van der Waals surface area contributed by atoms with Crippen molar-refractivity contribution in [3.8, 4) is 0 Å². The number of carbonyl (C=O) groups is 1. The van der Waals surface area contributed by atoms with E-state index in [0.717, 1.165) is 11.4 Å².